The maximum atomic E-state index is 6.47. The van der Waals surface area contributed by atoms with Gasteiger partial charge < -0.3 is 5.73 Å². The van der Waals surface area contributed by atoms with Crippen LogP contribution in [0.25, 0.3) is 10.1 Å². The second-order valence-electron chi connectivity index (χ2n) is 4.97. The molecule has 5 heteroatoms. The zero-order valence-corrected chi connectivity index (χ0v) is 13.0. The molecule has 19 heavy (non-hydrogen) atoms. The molecule has 1 aromatic carbocycles. The van der Waals surface area contributed by atoms with E-state index >= 15 is 0 Å². The van der Waals surface area contributed by atoms with Crippen LogP contribution in [0.2, 0.25) is 5.02 Å². The first-order valence-corrected chi connectivity index (χ1v) is 7.57. The summed E-state index contributed by atoms with van der Waals surface area (Å²) in [6, 6.07) is 8.67. The van der Waals surface area contributed by atoms with Crippen LogP contribution in [0.4, 0.5) is 0 Å². The first-order valence-electron chi connectivity index (χ1n) is 6.38. The fraction of sp³-hybridized carbons (Fsp3) is 0.429. The van der Waals surface area contributed by atoms with Crippen LogP contribution in [0.3, 0.4) is 0 Å². The van der Waals surface area contributed by atoms with Gasteiger partial charge in [-0.2, -0.15) is 0 Å². The number of benzene rings is 1. The maximum Gasteiger partial charge on any atom is 0.0637 e. The monoisotopic (exact) mass is 316 g/mol. The molecule has 0 aliphatic carbocycles. The lowest BCUT2D eigenvalue weighted by Crippen LogP contribution is -2.42. The van der Waals surface area contributed by atoms with Gasteiger partial charge in [0.1, 0.15) is 0 Å². The van der Waals surface area contributed by atoms with E-state index in [1.807, 2.05) is 6.07 Å². The molecule has 0 radical (unpaired) electrons. The van der Waals surface area contributed by atoms with E-state index in [2.05, 4.69) is 23.1 Å². The minimum atomic E-state index is 0. The van der Waals surface area contributed by atoms with Crippen molar-refractivity contribution in [2.45, 2.75) is 25.4 Å². The summed E-state index contributed by atoms with van der Waals surface area (Å²) in [4.78, 5) is 3.69. The highest BCUT2D eigenvalue weighted by Crippen LogP contribution is 2.36. The van der Waals surface area contributed by atoms with Crippen molar-refractivity contribution < 1.29 is 0 Å². The fourth-order valence-corrected chi connectivity index (χ4v) is 4.14. The van der Waals surface area contributed by atoms with Gasteiger partial charge in [0.15, 0.2) is 0 Å². The molecule has 0 bridgehead atoms. The number of hydrogen-bond donors (Lipinski definition) is 1. The Labute approximate surface area is 128 Å². The fourth-order valence-electron chi connectivity index (χ4n) is 2.60. The standard InChI is InChI=1S/C14H17ClN2S.ClH/c15-14-11-5-1-2-6-12(11)18-13(14)9-17-7-3-4-10(16)8-17;/h1-2,5-6,10H,3-4,7-9,16H2;1H. The van der Waals surface area contributed by atoms with Crippen molar-refractivity contribution in [1.82, 2.24) is 4.90 Å². The maximum absolute atomic E-state index is 6.47. The SMILES string of the molecule is Cl.NC1CCCN(Cc2sc3ccccc3c2Cl)C1. The van der Waals surface area contributed by atoms with E-state index < -0.39 is 0 Å². The van der Waals surface area contributed by atoms with Gasteiger partial charge in [0.05, 0.1) is 5.02 Å². The van der Waals surface area contributed by atoms with Crippen molar-refractivity contribution in [3.8, 4) is 0 Å². The summed E-state index contributed by atoms with van der Waals surface area (Å²) < 4.78 is 1.28. The molecule has 1 aliphatic rings. The van der Waals surface area contributed by atoms with Crippen molar-refractivity contribution in [1.29, 1.82) is 0 Å². The minimum absolute atomic E-state index is 0. The summed E-state index contributed by atoms with van der Waals surface area (Å²) in [7, 11) is 0. The molecule has 104 valence electrons. The van der Waals surface area contributed by atoms with Gasteiger partial charge in [-0.3, -0.25) is 4.90 Å². The molecule has 1 saturated heterocycles. The van der Waals surface area contributed by atoms with E-state index in [0.717, 1.165) is 31.1 Å². The molecule has 0 saturated carbocycles. The van der Waals surface area contributed by atoms with E-state index in [4.69, 9.17) is 17.3 Å². The lowest BCUT2D eigenvalue weighted by atomic mass is 10.1. The Morgan fingerprint density at radius 1 is 1.37 bits per heavy atom. The third-order valence-corrected chi connectivity index (χ3v) is 5.21. The van der Waals surface area contributed by atoms with E-state index in [1.54, 1.807) is 11.3 Å². The van der Waals surface area contributed by atoms with Gasteiger partial charge in [0, 0.05) is 34.1 Å². The Morgan fingerprint density at radius 3 is 2.89 bits per heavy atom. The topological polar surface area (TPSA) is 29.3 Å². The summed E-state index contributed by atoms with van der Waals surface area (Å²) >= 11 is 8.27. The molecule has 1 unspecified atom stereocenters. The van der Waals surface area contributed by atoms with Gasteiger partial charge >= 0.3 is 0 Å². The average Bonchev–Trinajstić information content (AvgIpc) is 2.67. The Kier molecular flexibility index (Phi) is 5.09. The van der Waals surface area contributed by atoms with Gasteiger partial charge in [-0.15, -0.1) is 23.7 Å². The number of halogens is 2. The van der Waals surface area contributed by atoms with E-state index in [0.29, 0.717) is 6.04 Å². The Morgan fingerprint density at radius 2 is 2.16 bits per heavy atom. The molecule has 1 fully saturated rings. The van der Waals surface area contributed by atoms with Crippen LogP contribution in [-0.4, -0.2) is 24.0 Å². The van der Waals surface area contributed by atoms with Crippen LogP contribution in [-0.2, 0) is 6.54 Å². The van der Waals surface area contributed by atoms with Crippen molar-refractivity contribution in [2.24, 2.45) is 5.73 Å². The first kappa shape index (κ1) is 15.1. The second-order valence-corrected chi connectivity index (χ2v) is 6.49. The van der Waals surface area contributed by atoms with Crippen molar-refractivity contribution >= 4 is 45.4 Å². The highest BCUT2D eigenvalue weighted by atomic mass is 35.5. The number of hydrogen-bond acceptors (Lipinski definition) is 3. The van der Waals surface area contributed by atoms with Crippen molar-refractivity contribution in [3.63, 3.8) is 0 Å². The number of thiophene rings is 1. The predicted octanol–water partition coefficient (Wildman–Crippen LogP) is 3.90. The van der Waals surface area contributed by atoms with Crippen LogP contribution in [0, 0.1) is 0 Å². The first-order chi connectivity index (χ1) is 8.74. The highest BCUT2D eigenvalue weighted by molar-refractivity contribution is 7.19. The molecule has 2 N–H and O–H groups in total. The summed E-state index contributed by atoms with van der Waals surface area (Å²) in [5.74, 6) is 0. The number of piperidine rings is 1. The summed E-state index contributed by atoms with van der Waals surface area (Å²) in [6.07, 6.45) is 2.35. The molecule has 3 rings (SSSR count). The average molecular weight is 317 g/mol. The van der Waals surface area contributed by atoms with E-state index in [1.165, 1.54) is 21.4 Å². The number of nitrogens with zero attached hydrogens (tertiary/aromatic N) is 1. The number of fused-ring (bicyclic) bond motifs is 1. The summed E-state index contributed by atoms with van der Waals surface area (Å²) in [5.41, 5.74) is 6.02. The number of likely N-dealkylation sites (tertiary alicyclic amines) is 1. The minimum Gasteiger partial charge on any atom is -0.327 e. The zero-order chi connectivity index (χ0) is 12.5. The molecule has 2 aromatic rings. The van der Waals surface area contributed by atoms with Crippen LogP contribution in [0.15, 0.2) is 24.3 Å². The Balaban J connectivity index is 0.00000133. The van der Waals surface area contributed by atoms with Crippen LogP contribution >= 0.6 is 35.3 Å². The van der Waals surface area contributed by atoms with Gasteiger partial charge in [-0.25, -0.2) is 0 Å². The summed E-state index contributed by atoms with van der Waals surface area (Å²) in [6.45, 7) is 3.06. The smallest absolute Gasteiger partial charge is 0.0637 e. The highest BCUT2D eigenvalue weighted by Gasteiger charge is 2.19. The third-order valence-electron chi connectivity index (χ3n) is 3.51. The largest absolute Gasteiger partial charge is 0.327 e. The zero-order valence-electron chi connectivity index (χ0n) is 10.6. The molecule has 0 spiro atoms. The van der Waals surface area contributed by atoms with Crippen LogP contribution < -0.4 is 5.73 Å². The van der Waals surface area contributed by atoms with Crippen LogP contribution in [0.1, 0.15) is 17.7 Å². The molecule has 2 nitrogen and oxygen atoms in total. The van der Waals surface area contributed by atoms with Gasteiger partial charge in [0.25, 0.3) is 0 Å². The molecule has 1 aromatic heterocycles. The van der Waals surface area contributed by atoms with Crippen molar-refractivity contribution in [3.05, 3.63) is 34.2 Å². The Bertz CT molecular complexity index is 555. The third kappa shape index (κ3) is 3.23. The lowest BCUT2D eigenvalue weighted by Gasteiger charge is -2.30. The number of nitrogens with two attached hydrogens (primary N) is 1. The normalized spacial score (nSPS) is 20.4. The predicted molar refractivity (Wildman–Crippen MR) is 86.6 cm³/mol. The van der Waals surface area contributed by atoms with Crippen LogP contribution in [0.5, 0.6) is 0 Å². The van der Waals surface area contributed by atoms with Crippen molar-refractivity contribution in [2.75, 3.05) is 13.1 Å². The van der Waals surface area contributed by atoms with E-state index in [9.17, 15) is 0 Å². The van der Waals surface area contributed by atoms with Gasteiger partial charge in [-0.1, -0.05) is 29.8 Å². The molecule has 1 atom stereocenters. The quantitative estimate of drug-likeness (QED) is 0.910. The molecule has 2 heterocycles. The number of rotatable bonds is 2. The molecule has 0 amide bonds. The summed E-state index contributed by atoms with van der Waals surface area (Å²) in [5, 5.41) is 2.11. The van der Waals surface area contributed by atoms with Gasteiger partial charge in [0.2, 0.25) is 0 Å². The Hall–Kier alpha value is -0.320. The molecular weight excluding hydrogens is 299 g/mol. The molecular formula is C14H18Cl2N2S. The van der Waals surface area contributed by atoms with Gasteiger partial charge in [-0.05, 0) is 25.5 Å². The second kappa shape index (κ2) is 6.42. The molecule has 1 aliphatic heterocycles. The van der Waals surface area contributed by atoms with E-state index in [-0.39, 0.29) is 12.4 Å². The lowest BCUT2D eigenvalue weighted by molar-refractivity contribution is 0.203.